The molecule has 0 saturated carbocycles. The number of hydrogen-bond acceptors (Lipinski definition) is 0. The molecule has 1 aliphatic heterocycles. The molecule has 0 aromatic heterocycles. The standard InChI is InChI=1S/C32H48N2Si2.2C16H31.Ni/c1-8-9-10-11-12-30-25-31(28-17-13-26(14-18-28)21-23-35(2,3)4)34(33)32(30)29-19-15-27(16-20-29)22-24-36(5,6)7;2*1-3-5-7-9-11-13-15-16-14-12-10-8-6-4-2;/h13-20,25H,8-12,21-24H2,1-7H3;2*1,3H,4-16H2,2H3;. The summed E-state index contributed by atoms with van der Waals surface area (Å²) >= 11 is 1.68. The SMILES string of the molecule is CCCCCCC1=C(c2ccc(CC[Si](C)(C)C)cc2)[N+](=[N-])C(c2ccc(CC[Si](C)(C)C)cc2)=C1.CCCCCCCCCCCCCCC=[CH][Ni][CH]=CCCCCCCCCCCCCCC. The van der Waals surface area contributed by atoms with Crippen molar-refractivity contribution in [1.29, 1.82) is 0 Å². The van der Waals surface area contributed by atoms with Crippen LogP contribution in [0, 0.1) is 0 Å². The summed E-state index contributed by atoms with van der Waals surface area (Å²) in [6.45, 7) is 21.5. The Morgan fingerprint density at radius 1 is 0.420 bits per heavy atom. The van der Waals surface area contributed by atoms with Crippen LogP contribution in [-0.2, 0) is 27.3 Å². The molecule has 69 heavy (non-hydrogen) atoms. The second kappa shape index (κ2) is 40.4. The van der Waals surface area contributed by atoms with Gasteiger partial charge >= 0.3 is 165 Å². The normalized spacial score (nSPS) is 13.3. The zero-order chi connectivity index (χ0) is 50.3. The third-order valence-electron chi connectivity index (χ3n) is 13.9. The van der Waals surface area contributed by atoms with Gasteiger partial charge in [-0.15, -0.1) is 0 Å². The summed E-state index contributed by atoms with van der Waals surface area (Å²) in [4.78, 5) is 0. The number of aryl methyl sites for hydroxylation is 2. The summed E-state index contributed by atoms with van der Waals surface area (Å²) in [6.07, 6.45) is 52.3. The van der Waals surface area contributed by atoms with Gasteiger partial charge in [-0.1, -0.05) is 154 Å². The molecule has 0 spiro atoms. The van der Waals surface area contributed by atoms with Gasteiger partial charge in [0.1, 0.15) is 0 Å². The molecule has 3 rings (SSSR count). The van der Waals surface area contributed by atoms with Crippen LogP contribution in [0.5, 0.6) is 0 Å². The second-order valence-electron chi connectivity index (χ2n) is 23.2. The van der Waals surface area contributed by atoms with Crippen molar-refractivity contribution < 1.29 is 19.1 Å². The monoisotopic (exact) mass is 1020 g/mol. The minimum Gasteiger partial charge on any atom is -0.0654 e. The van der Waals surface area contributed by atoms with Gasteiger partial charge in [-0.3, -0.25) is 0 Å². The molecule has 2 nitrogen and oxygen atoms in total. The van der Waals surface area contributed by atoms with Gasteiger partial charge in [0, 0.05) is 38.9 Å². The summed E-state index contributed by atoms with van der Waals surface area (Å²) in [7, 11) is -2.10. The number of hydrogen-bond donors (Lipinski definition) is 0. The average molecular weight is 1020 g/mol. The van der Waals surface area contributed by atoms with E-state index in [2.05, 4.69) is 137 Å². The molecule has 2 aromatic carbocycles. The van der Waals surface area contributed by atoms with E-state index in [9.17, 15) is 5.53 Å². The van der Waals surface area contributed by atoms with E-state index in [4.69, 9.17) is 0 Å². The van der Waals surface area contributed by atoms with E-state index in [1.165, 1.54) is 220 Å². The molecular formula is C64H110N2NiSi2. The van der Waals surface area contributed by atoms with Gasteiger partial charge in [-0.05, 0) is 61.1 Å². The molecule has 0 unspecified atom stereocenters. The predicted octanol–water partition coefficient (Wildman–Crippen LogP) is 22.5. The van der Waals surface area contributed by atoms with Crippen LogP contribution in [0.1, 0.15) is 242 Å². The Morgan fingerprint density at radius 2 is 0.754 bits per heavy atom. The zero-order valence-electron chi connectivity index (χ0n) is 47.0. The number of rotatable bonds is 41. The summed E-state index contributed by atoms with van der Waals surface area (Å²) in [5.74, 6) is 0. The maximum absolute atomic E-state index is 11.4. The van der Waals surface area contributed by atoms with Crippen LogP contribution < -0.4 is 0 Å². The first-order valence-corrected chi connectivity index (χ1v) is 37.9. The van der Waals surface area contributed by atoms with Gasteiger partial charge in [0.25, 0.3) is 0 Å². The molecule has 0 radical (unpaired) electrons. The van der Waals surface area contributed by atoms with E-state index in [1.807, 2.05) is 0 Å². The smallest absolute Gasteiger partial charge is 0.0654 e. The molecule has 394 valence electrons. The minimum atomic E-state index is -1.05. The van der Waals surface area contributed by atoms with Gasteiger partial charge in [-0.2, -0.15) is 0 Å². The minimum absolute atomic E-state index is 0.898. The van der Waals surface area contributed by atoms with Crippen LogP contribution in [0.2, 0.25) is 51.4 Å². The van der Waals surface area contributed by atoms with Crippen molar-refractivity contribution in [2.45, 2.75) is 284 Å². The molecule has 0 atom stereocenters. The fourth-order valence-corrected chi connectivity index (χ4v) is 11.9. The van der Waals surface area contributed by atoms with Crippen molar-refractivity contribution >= 4 is 27.5 Å². The summed E-state index contributed by atoms with van der Waals surface area (Å²) < 4.78 is 1.45. The molecular weight excluding hydrogens is 912 g/mol. The Balaban J connectivity index is 0.000000476. The van der Waals surface area contributed by atoms with E-state index in [0.29, 0.717) is 0 Å². The molecule has 0 amide bonds. The second-order valence-corrected chi connectivity index (χ2v) is 35.4. The third-order valence-corrected chi connectivity index (χ3v) is 18.2. The van der Waals surface area contributed by atoms with E-state index in [0.717, 1.165) is 48.2 Å². The van der Waals surface area contributed by atoms with Gasteiger partial charge in [0.05, 0.1) is 0 Å². The van der Waals surface area contributed by atoms with Gasteiger partial charge in [0.15, 0.2) is 0 Å². The zero-order valence-corrected chi connectivity index (χ0v) is 50.0. The van der Waals surface area contributed by atoms with E-state index >= 15 is 0 Å². The molecule has 0 saturated heterocycles. The topological polar surface area (TPSA) is 25.3 Å². The van der Waals surface area contributed by atoms with Crippen molar-refractivity contribution in [2.75, 3.05) is 0 Å². The molecule has 5 heteroatoms. The number of unbranched alkanes of at least 4 members (excludes halogenated alkanes) is 27. The Hall–Kier alpha value is -2.07. The summed E-state index contributed by atoms with van der Waals surface area (Å²) in [5, 5.41) is 4.62. The van der Waals surface area contributed by atoms with Crippen molar-refractivity contribution in [3.63, 3.8) is 0 Å². The van der Waals surface area contributed by atoms with Crippen molar-refractivity contribution in [3.05, 3.63) is 110 Å². The van der Waals surface area contributed by atoms with E-state index in [1.54, 1.807) is 14.4 Å². The molecule has 0 fully saturated rings. The Bertz CT molecular complexity index is 1650. The molecule has 0 bridgehead atoms. The number of benzene rings is 2. The van der Waals surface area contributed by atoms with Crippen LogP contribution in [0.4, 0.5) is 0 Å². The van der Waals surface area contributed by atoms with Crippen LogP contribution in [-0.4, -0.2) is 20.8 Å². The maximum atomic E-state index is 11.4. The Kier molecular flexibility index (Phi) is 36.9. The Morgan fingerprint density at radius 3 is 1.12 bits per heavy atom. The van der Waals surface area contributed by atoms with E-state index < -0.39 is 16.1 Å². The molecule has 2 aromatic rings. The molecule has 0 aliphatic carbocycles. The van der Waals surface area contributed by atoms with Crippen LogP contribution in [0.15, 0.2) is 82.4 Å². The third kappa shape index (κ3) is 33.3. The Labute approximate surface area is 438 Å². The predicted molar refractivity (Wildman–Crippen MR) is 314 cm³/mol. The van der Waals surface area contributed by atoms with Crippen molar-refractivity contribution in [3.8, 4) is 0 Å². The first-order chi connectivity index (χ1) is 33.4. The average Bonchev–Trinajstić information content (AvgIpc) is 3.66. The first-order valence-electron chi connectivity index (χ1n) is 29.4. The van der Waals surface area contributed by atoms with Crippen LogP contribution >= 0.6 is 0 Å². The number of allylic oxidation sites excluding steroid dienone is 4. The molecule has 1 heterocycles. The van der Waals surface area contributed by atoms with Crippen molar-refractivity contribution in [1.82, 2.24) is 0 Å². The summed E-state index contributed by atoms with van der Waals surface area (Å²) in [5.41, 5.74) is 19.5. The van der Waals surface area contributed by atoms with Gasteiger partial charge in [-0.25, -0.2) is 4.70 Å². The summed E-state index contributed by atoms with van der Waals surface area (Å²) in [6, 6.07) is 20.4. The van der Waals surface area contributed by atoms with Gasteiger partial charge < -0.3 is 5.53 Å². The van der Waals surface area contributed by atoms with Crippen LogP contribution in [0.3, 0.4) is 0 Å². The molecule has 0 N–H and O–H groups in total. The molecule has 1 aliphatic rings. The first kappa shape index (κ1) is 63.0. The fourth-order valence-electron chi connectivity index (χ4n) is 9.14. The fraction of sp³-hybridized carbons (Fsp3) is 0.688. The quantitative estimate of drug-likeness (QED) is 0.0360. The number of nitrogens with zero attached hydrogens (tertiary/aromatic N) is 2. The van der Waals surface area contributed by atoms with Gasteiger partial charge in [0.2, 0.25) is 11.4 Å². The van der Waals surface area contributed by atoms with Crippen LogP contribution in [0.25, 0.3) is 16.9 Å². The van der Waals surface area contributed by atoms with Crippen molar-refractivity contribution in [2.24, 2.45) is 0 Å². The van der Waals surface area contributed by atoms with E-state index in [-0.39, 0.29) is 0 Å².